The molecule has 2 aromatic heterocycles. The predicted molar refractivity (Wildman–Crippen MR) is 181 cm³/mol. The van der Waals surface area contributed by atoms with E-state index in [2.05, 4.69) is 92.7 Å². The van der Waals surface area contributed by atoms with E-state index < -0.39 is 0 Å². The molecule has 8 aromatic rings. The Bertz CT molecular complexity index is 2270. The van der Waals surface area contributed by atoms with E-state index >= 15 is 0 Å². The van der Waals surface area contributed by atoms with Gasteiger partial charge in [0.05, 0.1) is 0 Å². The maximum atomic E-state index is 6.21. The van der Waals surface area contributed by atoms with Gasteiger partial charge in [-0.05, 0) is 99.1 Å². The lowest BCUT2D eigenvalue weighted by Crippen LogP contribution is -2.14. The normalized spacial score (nSPS) is 13.3. The lowest BCUT2D eigenvalue weighted by atomic mass is 9.82. The maximum absolute atomic E-state index is 6.21. The number of hydrogen-bond donors (Lipinski definition) is 0. The monoisotopic (exact) mass is 580 g/mol. The minimum Gasteiger partial charge on any atom is -0.436 e. The maximum Gasteiger partial charge on any atom is 0.227 e. The van der Waals surface area contributed by atoms with Gasteiger partial charge in [0.1, 0.15) is 11.0 Å². The summed E-state index contributed by atoms with van der Waals surface area (Å²) in [5.74, 6) is 1.12. The standard InChI is InChI=1S/C41H28N2O2/c1-41(2)33-13-4-3-12-31(33)32-24-27(18-19-34(32)41)25-10-9-11-26(20-25)28-21-29(39-42-35-14-5-7-16-37(35)44-39)23-30(22-28)40-43-36-15-6-8-17-38(36)45-40/h3-24H,1-2H3. The van der Waals surface area contributed by atoms with Crippen LogP contribution in [0, 0.1) is 0 Å². The number of benzene rings is 6. The van der Waals surface area contributed by atoms with Crippen LogP contribution in [0.5, 0.6) is 0 Å². The van der Waals surface area contributed by atoms with Crippen LogP contribution in [0.1, 0.15) is 25.0 Å². The van der Waals surface area contributed by atoms with Crippen molar-refractivity contribution in [3.63, 3.8) is 0 Å². The molecule has 0 radical (unpaired) electrons. The Morgan fingerprint density at radius 2 is 0.933 bits per heavy atom. The van der Waals surface area contributed by atoms with E-state index in [1.54, 1.807) is 0 Å². The molecule has 2 heterocycles. The molecule has 0 amide bonds. The van der Waals surface area contributed by atoms with E-state index in [0.29, 0.717) is 11.8 Å². The number of nitrogens with zero attached hydrogens (tertiary/aromatic N) is 2. The fourth-order valence-electron chi connectivity index (χ4n) is 6.81. The highest BCUT2D eigenvalue weighted by Gasteiger charge is 2.35. The highest BCUT2D eigenvalue weighted by atomic mass is 16.4. The number of fused-ring (bicyclic) bond motifs is 5. The molecule has 0 unspecified atom stereocenters. The Kier molecular flexibility index (Phi) is 5.51. The van der Waals surface area contributed by atoms with E-state index in [1.165, 1.54) is 27.8 Å². The summed E-state index contributed by atoms with van der Waals surface area (Å²) in [7, 11) is 0. The van der Waals surface area contributed by atoms with Gasteiger partial charge in [0.2, 0.25) is 11.8 Å². The van der Waals surface area contributed by atoms with Gasteiger partial charge in [-0.1, -0.05) is 92.7 Å². The second kappa shape index (κ2) is 9.63. The molecule has 214 valence electrons. The molecule has 0 atom stereocenters. The van der Waals surface area contributed by atoms with Crippen LogP contribution in [-0.4, -0.2) is 9.97 Å². The van der Waals surface area contributed by atoms with Crippen molar-refractivity contribution >= 4 is 22.2 Å². The molecule has 0 fully saturated rings. The molecule has 6 aromatic carbocycles. The number of para-hydroxylation sites is 4. The van der Waals surface area contributed by atoms with Gasteiger partial charge in [0, 0.05) is 16.5 Å². The predicted octanol–water partition coefficient (Wildman–Crippen LogP) is 10.9. The van der Waals surface area contributed by atoms with Gasteiger partial charge in [0.15, 0.2) is 11.2 Å². The number of aromatic nitrogens is 2. The fraction of sp³-hybridized carbons (Fsp3) is 0.0732. The summed E-state index contributed by atoms with van der Waals surface area (Å²) in [5, 5.41) is 0. The zero-order chi connectivity index (χ0) is 30.1. The van der Waals surface area contributed by atoms with E-state index in [4.69, 9.17) is 18.8 Å². The van der Waals surface area contributed by atoms with Crippen molar-refractivity contribution in [1.29, 1.82) is 0 Å². The molecule has 0 saturated heterocycles. The SMILES string of the molecule is CC1(C)c2ccccc2-c2cc(-c3cccc(-c4cc(-c5nc6ccccc6o5)cc(-c5nc6ccccc6o5)c4)c3)ccc21. The van der Waals surface area contributed by atoms with E-state index in [1.807, 2.05) is 54.6 Å². The molecule has 0 saturated carbocycles. The Hall–Kier alpha value is -5.74. The Morgan fingerprint density at radius 3 is 1.60 bits per heavy atom. The molecule has 1 aliphatic rings. The molecular weight excluding hydrogens is 552 g/mol. The summed E-state index contributed by atoms with van der Waals surface area (Å²) in [6.45, 7) is 4.63. The van der Waals surface area contributed by atoms with Crippen molar-refractivity contribution in [2.45, 2.75) is 19.3 Å². The van der Waals surface area contributed by atoms with Gasteiger partial charge >= 0.3 is 0 Å². The third-order valence-corrected chi connectivity index (χ3v) is 9.13. The second-order valence-electron chi connectivity index (χ2n) is 12.3. The second-order valence-corrected chi connectivity index (χ2v) is 12.3. The van der Waals surface area contributed by atoms with Crippen LogP contribution in [0.15, 0.2) is 142 Å². The van der Waals surface area contributed by atoms with Gasteiger partial charge in [0.25, 0.3) is 0 Å². The Balaban J connectivity index is 1.18. The first-order valence-electron chi connectivity index (χ1n) is 15.2. The summed E-state index contributed by atoms with van der Waals surface area (Å²) < 4.78 is 12.4. The highest BCUT2D eigenvalue weighted by molar-refractivity contribution is 5.87. The summed E-state index contributed by atoms with van der Waals surface area (Å²) in [4.78, 5) is 9.61. The van der Waals surface area contributed by atoms with Crippen molar-refractivity contribution in [2.24, 2.45) is 0 Å². The lowest BCUT2D eigenvalue weighted by Gasteiger charge is -2.21. The molecular formula is C41H28N2O2. The van der Waals surface area contributed by atoms with Gasteiger partial charge in [-0.15, -0.1) is 0 Å². The summed E-state index contributed by atoms with van der Waals surface area (Å²) in [6.07, 6.45) is 0. The zero-order valence-electron chi connectivity index (χ0n) is 24.9. The van der Waals surface area contributed by atoms with Gasteiger partial charge in [-0.3, -0.25) is 0 Å². The highest BCUT2D eigenvalue weighted by Crippen LogP contribution is 2.49. The number of rotatable bonds is 4. The molecule has 4 nitrogen and oxygen atoms in total. The van der Waals surface area contributed by atoms with Crippen molar-refractivity contribution in [2.75, 3.05) is 0 Å². The van der Waals surface area contributed by atoms with Crippen molar-refractivity contribution in [1.82, 2.24) is 9.97 Å². The Morgan fingerprint density at radius 1 is 0.422 bits per heavy atom. The van der Waals surface area contributed by atoms with Crippen LogP contribution in [0.4, 0.5) is 0 Å². The topological polar surface area (TPSA) is 52.1 Å². The van der Waals surface area contributed by atoms with Crippen LogP contribution in [0.25, 0.3) is 78.5 Å². The molecule has 0 spiro atoms. The van der Waals surface area contributed by atoms with Gasteiger partial charge < -0.3 is 8.83 Å². The zero-order valence-corrected chi connectivity index (χ0v) is 24.9. The molecule has 45 heavy (non-hydrogen) atoms. The number of hydrogen-bond acceptors (Lipinski definition) is 4. The third-order valence-electron chi connectivity index (χ3n) is 9.13. The summed E-state index contributed by atoms with van der Waals surface area (Å²) in [6, 6.07) is 46.4. The first-order valence-corrected chi connectivity index (χ1v) is 15.2. The first kappa shape index (κ1) is 25.7. The minimum absolute atomic E-state index is 0.0154. The quantitative estimate of drug-likeness (QED) is 0.208. The fourth-order valence-corrected chi connectivity index (χ4v) is 6.81. The molecule has 1 aliphatic carbocycles. The van der Waals surface area contributed by atoms with Crippen LogP contribution in [-0.2, 0) is 5.41 Å². The summed E-state index contributed by atoms with van der Waals surface area (Å²) in [5.41, 5.74) is 14.7. The molecule has 0 N–H and O–H groups in total. The van der Waals surface area contributed by atoms with Crippen molar-refractivity contribution in [3.05, 3.63) is 145 Å². The van der Waals surface area contributed by atoms with Crippen LogP contribution >= 0.6 is 0 Å². The van der Waals surface area contributed by atoms with E-state index in [0.717, 1.165) is 50.0 Å². The average molecular weight is 581 g/mol. The van der Waals surface area contributed by atoms with Gasteiger partial charge in [-0.2, -0.15) is 0 Å². The van der Waals surface area contributed by atoms with Gasteiger partial charge in [-0.25, -0.2) is 9.97 Å². The molecule has 9 rings (SSSR count). The minimum atomic E-state index is -0.0154. The molecule has 0 bridgehead atoms. The van der Waals surface area contributed by atoms with Crippen LogP contribution in [0.3, 0.4) is 0 Å². The first-order chi connectivity index (χ1) is 22.0. The lowest BCUT2D eigenvalue weighted by molar-refractivity contribution is 0.617. The Labute approximate surface area is 260 Å². The molecule has 0 aliphatic heterocycles. The van der Waals surface area contributed by atoms with Crippen molar-refractivity contribution < 1.29 is 8.83 Å². The smallest absolute Gasteiger partial charge is 0.227 e. The third kappa shape index (κ3) is 4.14. The molecule has 4 heteroatoms. The number of oxazole rings is 2. The van der Waals surface area contributed by atoms with Crippen molar-refractivity contribution in [3.8, 4) is 56.3 Å². The van der Waals surface area contributed by atoms with E-state index in [9.17, 15) is 0 Å². The van der Waals surface area contributed by atoms with Crippen LogP contribution in [0.2, 0.25) is 0 Å². The largest absolute Gasteiger partial charge is 0.436 e. The summed E-state index contributed by atoms with van der Waals surface area (Å²) >= 11 is 0. The average Bonchev–Trinajstić information content (AvgIpc) is 3.78. The van der Waals surface area contributed by atoms with Crippen LogP contribution < -0.4 is 0 Å². The van der Waals surface area contributed by atoms with E-state index in [-0.39, 0.29) is 5.41 Å².